The molecule has 2 aromatic heterocycles. The number of carbonyl (C=O) groups is 1. The summed E-state index contributed by atoms with van der Waals surface area (Å²) in [5.74, 6) is -0.205. The largest absolute Gasteiger partial charge is 0.335 e. The Morgan fingerprint density at radius 3 is 2.67 bits per heavy atom. The summed E-state index contributed by atoms with van der Waals surface area (Å²) in [6, 6.07) is 3.70. The van der Waals surface area contributed by atoms with Crippen LogP contribution in [0.25, 0.3) is 0 Å². The maximum atomic E-state index is 12.0. The fourth-order valence-electron chi connectivity index (χ4n) is 1.36. The molecule has 0 N–H and O–H groups in total. The molecule has 4 nitrogen and oxygen atoms in total. The maximum Gasteiger partial charge on any atom is 0.274 e. The highest BCUT2D eigenvalue weighted by atomic mass is 35.5. The van der Waals surface area contributed by atoms with Gasteiger partial charge in [-0.2, -0.15) is 0 Å². The Labute approximate surface area is 118 Å². The quantitative estimate of drug-likeness (QED) is 0.875. The Bertz CT molecular complexity index is 556. The van der Waals surface area contributed by atoms with E-state index in [-0.39, 0.29) is 16.8 Å². The smallest absolute Gasteiger partial charge is 0.274 e. The molecule has 0 atom stereocenters. The van der Waals surface area contributed by atoms with Crippen LogP contribution in [-0.4, -0.2) is 27.8 Å². The van der Waals surface area contributed by atoms with E-state index in [1.165, 1.54) is 23.7 Å². The first-order valence-corrected chi connectivity index (χ1v) is 6.61. The van der Waals surface area contributed by atoms with Crippen LogP contribution in [0.3, 0.4) is 0 Å². The van der Waals surface area contributed by atoms with Gasteiger partial charge in [-0.25, -0.2) is 9.97 Å². The number of aromatic nitrogens is 2. The molecule has 2 aromatic rings. The third-order valence-electron chi connectivity index (χ3n) is 2.21. The van der Waals surface area contributed by atoms with Gasteiger partial charge in [0.2, 0.25) is 0 Å². The minimum atomic E-state index is -0.205. The zero-order valence-corrected chi connectivity index (χ0v) is 11.8. The van der Waals surface area contributed by atoms with Gasteiger partial charge >= 0.3 is 0 Å². The number of halogens is 2. The van der Waals surface area contributed by atoms with Crippen molar-refractivity contribution >= 4 is 40.4 Å². The average molecular weight is 302 g/mol. The highest BCUT2D eigenvalue weighted by Gasteiger charge is 2.14. The van der Waals surface area contributed by atoms with E-state index in [1.807, 2.05) is 12.1 Å². The Hall–Kier alpha value is -1.17. The number of thiophene rings is 1. The predicted molar refractivity (Wildman–Crippen MR) is 72.2 cm³/mol. The topological polar surface area (TPSA) is 46.1 Å². The zero-order valence-electron chi connectivity index (χ0n) is 9.43. The predicted octanol–water partition coefficient (Wildman–Crippen LogP) is 3.12. The summed E-state index contributed by atoms with van der Waals surface area (Å²) in [5.41, 5.74) is 0.268. The summed E-state index contributed by atoms with van der Waals surface area (Å²) in [4.78, 5) is 22.4. The van der Waals surface area contributed by atoms with Crippen LogP contribution in [-0.2, 0) is 6.54 Å². The summed E-state index contributed by atoms with van der Waals surface area (Å²) in [5, 5.41) is 0.263. The van der Waals surface area contributed by atoms with Crippen molar-refractivity contribution in [1.82, 2.24) is 14.9 Å². The summed E-state index contributed by atoms with van der Waals surface area (Å²) >= 11 is 12.9. The van der Waals surface area contributed by atoms with E-state index >= 15 is 0 Å². The normalized spacial score (nSPS) is 10.4. The number of amides is 1. The van der Waals surface area contributed by atoms with Crippen molar-refractivity contribution in [1.29, 1.82) is 0 Å². The van der Waals surface area contributed by atoms with Crippen LogP contribution in [0.5, 0.6) is 0 Å². The van der Waals surface area contributed by atoms with Crippen LogP contribution in [0.15, 0.2) is 24.5 Å². The van der Waals surface area contributed by atoms with Gasteiger partial charge in [0.15, 0.2) is 0 Å². The molecule has 0 saturated heterocycles. The van der Waals surface area contributed by atoms with E-state index in [0.717, 1.165) is 4.88 Å². The first-order chi connectivity index (χ1) is 8.56. The van der Waals surface area contributed by atoms with Crippen molar-refractivity contribution in [2.24, 2.45) is 0 Å². The second-order valence-electron chi connectivity index (χ2n) is 3.59. The molecule has 0 saturated carbocycles. The molecule has 0 aliphatic heterocycles. The Morgan fingerprint density at radius 1 is 1.33 bits per heavy atom. The van der Waals surface area contributed by atoms with Crippen LogP contribution < -0.4 is 0 Å². The van der Waals surface area contributed by atoms with Gasteiger partial charge < -0.3 is 4.90 Å². The number of carbonyl (C=O) groups excluding carboxylic acids is 1. The molecule has 0 radical (unpaired) electrons. The van der Waals surface area contributed by atoms with Crippen molar-refractivity contribution in [2.45, 2.75) is 6.54 Å². The van der Waals surface area contributed by atoms with Gasteiger partial charge in [-0.05, 0) is 12.1 Å². The summed E-state index contributed by atoms with van der Waals surface area (Å²) in [6.45, 7) is 0.487. The second-order valence-corrected chi connectivity index (χ2v) is 5.78. The Balaban J connectivity index is 2.07. The Kier molecular flexibility index (Phi) is 4.16. The minimum Gasteiger partial charge on any atom is -0.335 e. The van der Waals surface area contributed by atoms with Crippen LogP contribution in [0.2, 0.25) is 9.49 Å². The molecule has 0 aliphatic rings. The molecule has 2 rings (SSSR count). The van der Waals surface area contributed by atoms with Gasteiger partial charge in [0.1, 0.15) is 10.8 Å². The van der Waals surface area contributed by atoms with Gasteiger partial charge in [-0.15, -0.1) is 11.3 Å². The highest BCUT2D eigenvalue weighted by molar-refractivity contribution is 7.16. The maximum absolute atomic E-state index is 12.0. The van der Waals surface area contributed by atoms with Gasteiger partial charge in [0.25, 0.3) is 5.91 Å². The van der Waals surface area contributed by atoms with Crippen molar-refractivity contribution in [3.05, 3.63) is 44.6 Å². The molecule has 0 aromatic carbocycles. The first-order valence-electron chi connectivity index (χ1n) is 5.03. The molecular formula is C11H9Cl2N3OS. The van der Waals surface area contributed by atoms with Gasteiger partial charge in [0.05, 0.1) is 23.3 Å². The molecule has 0 unspecified atom stereocenters. The van der Waals surface area contributed by atoms with Crippen molar-refractivity contribution < 1.29 is 4.79 Å². The van der Waals surface area contributed by atoms with Crippen molar-refractivity contribution in [2.75, 3.05) is 7.05 Å². The summed E-state index contributed by atoms with van der Waals surface area (Å²) in [7, 11) is 1.70. The molecule has 2 heterocycles. The summed E-state index contributed by atoms with van der Waals surface area (Å²) in [6.07, 6.45) is 2.72. The SMILES string of the molecule is CN(Cc1ccc(Cl)s1)C(=O)c1cnc(Cl)cn1. The molecule has 18 heavy (non-hydrogen) atoms. The van der Waals surface area contributed by atoms with E-state index in [2.05, 4.69) is 9.97 Å². The fourth-order valence-corrected chi connectivity index (χ4v) is 2.60. The van der Waals surface area contributed by atoms with E-state index in [0.29, 0.717) is 10.9 Å². The standard InChI is InChI=1S/C11H9Cl2N3OS/c1-16(6-7-2-3-10(13)18-7)11(17)8-4-15-9(12)5-14-8/h2-5H,6H2,1H3. The van der Waals surface area contributed by atoms with Crippen LogP contribution in [0.1, 0.15) is 15.4 Å². The zero-order chi connectivity index (χ0) is 13.1. The lowest BCUT2D eigenvalue weighted by molar-refractivity contribution is 0.0780. The van der Waals surface area contributed by atoms with Crippen LogP contribution in [0, 0.1) is 0 Å². The van der Waals surface area contributed by atoms with E-state index in [4.69, 9.17) is 23.2 Å². The molecule has 0 spiro atoms. The van der Waals surface area contributed by atoms with Crippen molar-refractivity contribution in [3.63, 3.8) is 0 Å². The highest BCUT2D eigenvalue weighted by Crippen LogP contribution is 2.22. The molecule has 7 heteroatoms. The van der Waals surface area contributed by atoms with E-state index in [9.17, 15) is 4.79 Å². The molecule has 0 aliphatic carbocycles. The monoisotopic (exact) mass is 301 g/mol. The van der Waals surface area contributed by atoms with E-state index in [1.54, 1.807) is 11.9 Å². The van der Waals surface area contributed by atoms with Crippen LogP contribution >= 0.6 is 34.5 Å². The average Bonchev–Trinajstić information content (AvgIpc) is 2.75. The summed E-state index contributed by atoms with van der Waals surface area (Å²) < 4.78 is 0.706. The number of nitrogens with zero attached hydrogens (tertiary/aromatic N) is 3. The number of hydrogen-bond donors (Lipinski definition) is 0. The lowest BCUT2D eigenvalue weighted by Gasteiger charge is -2.15. The van der Waals surface area contributed by atoms with Crippen molar-refractivity contribution in [3.8, 4) is 0 Å². The number of hydrogen-bond acceptors (Lipinski definition) is 4. The van der Waals surface area contributed by atoms with Gasteiger partial charge in [0, 0.05) is 11.9 Å². The molecule has 1 amide bonds. The molecular weight excluding hydrogens is 293 g/mol. The van der Waals surface area contributed by atoms with Crippen LogP contribution in [0.4, 0.5) is 0 Å². The Morgan fingerprint density at radius 2 is 2.11 bits per heavy atom. The first kappa shape index (κ1) is 13.3. The van der Waals surface area contributed by atoms with E-state index < -0.39 is 0 Å². The van der Waals surface area contributed by atoms with Gasteiger partial charge in [-0.1, -0.05) is 23.2 Å². The second kappa shape index (κ2) is 5.65. The minimum absolute atomic E-state index is 0.205. The molecule has 94 valence electrons. The lowest BCUT2D eigenvalue weighted by Crippen LogP contribution is -2.26. The third kappa shape index (κ3) is 3.19. The molecule has 0 fully saturated rings. The third-order valence-corrected chi connectivity index (χ3v) is 3.62. The lowest BCUT2D eigenvalue weighted by atomic mass is 10.3. The fraction of sp³-hybridized carbons (Fsp3) is 0.182. The number of rotatable bonds is 3. The molecule has 0 bridgehead atoms. The van der Waals surface area contributed by atoms with Gasteiger partial charge in [-0.3, -0.25) is 4.79 Å².